The lowest BCUT2D eigenvalue weighted by Crippen LogP contribution is -2.03. The molecule has 3 N–H and O–H groups in total. The van der Waals surface area contributed by atoms with Crippen molar-refractivity contribution in [2.75, 3.05) is 6.54 Å². The maximum absolute atomic E-state index is 13.7. The van der Waals surface area contributed by atoms with E-state index in [0.717, 1.165) is 10.9 Å². The minimum absolute atomic E-state index is 0.343. The van der Waals surface area contributed by atoms with Crippen molar-refractivity contribution in [2.45, 2.75) is 12.6 Å². The van der Waals surface area contributed by atoms with Crippen LogP contribution in [0.25, 0.3) is 10.9 Å². The highest BCUT2D eigenvalue weighted by atomic mass is 35.5. The molecule has 0 saturated carbocycles. The molecule has 1 aromatic carbocycles. The summed E-state index contributed by atoms with van der Waals surface area (Å²) >= 11 is 5.83. The fourth-order valence-electron chi connectivity index (χ4n) is 1.68. The monoisotopic (exact) mass is 226 g/mol. The molecule has 80 valence electrons. The van der Waals surface area contributed by atoms with Crippen LogP contribution in [-0.2, 0) is 0 Å². The van der Waals surface area contributed by atoms with Crippen LogP contribution in [0.5, 0.6) is 0 Å². The van der Waals surface area contributed by atoms with Crippen molar-refractivity contribution in [3.63, 3.8) is 0 Å². The van der Waals surface area contributed by atoms with Crippen molar-refractivity contribution in [1.29, 1.82) is 0 Å². The summed E-state index contributed by atoms with van der Waals surface area (Å²) in [6.45, 7) is 0.349. The summed E-state index contributed by atoms with van der Waals surface area (Å²) in [5.74, 6) is 0. The lowest BCUT2D eigenvalue weighted by Gasteiger charge is -2.04. The molecule has 1 aromatic heterocycles. The molecule has 0 bridgehead atoms. The maximum atomic E-state index is 13.7. The van der Waals surface area contributed by atoms with E-state index >= 15 is 0 Å². The summed E-state index contributed by atoms with van der Waals surface area (Å²) in [5, 5.41) is 1.52. The molecule has 0 radical (unpaired) electrons. The van der Waals surface area contributed by atoms with Crippen LogP contribution in [0, 0.1) is 0 Å². The third kappa shape index (κ3) is 1.98. The molecule has 2 nitrogen and oxygen atoms in total. The van der Waals surface area contributed by atoms with Gasteiger partial charge in [-0.15, -0.1) is 0 Å². The summed E-state index contributed by atoms with van der Waals surface area (Å²) in [4.78, 5) is 3.00. The molecule has 0 aliphatic rings. The quantitative estimate of drug-likeness (QED) is 0.829. The first-order valence-electron chi connectivity index (χ1n) is 4.83. The van der Waals surface area contributed by atoms with Gasteiger partial charge in [0.25, 0.3) is 0 Å². The summed E-state index contributed by atoms with van der Waals surface area (Å²) in [6.07, 6.45) is 1.02. The molecule has 0 fully saturated rings. The van der Waals surface area contributed by atoms with Crippen LogP contribution >= 0.6 is 11.6 Å². The first kappa shape index (κ1) is 10.5. The zero-order valence-corrected chi connectivity index (χ0v) is 8.89. The summed E-state index contributed by atoms with van der Waals surface area (Å²) in [7, 11) is 0. The second-order valence-corrected chi connectivity index (χ2v) is 3.92. The molecule has 0 aliphatic heterocycles. The van der Waals surface area contributed by atoms with Gasteiger partial charge < -0.3 is 10.7 Å². The third-order valence-electron chi connectivity index (χ3n) is 2.43. The number of halogens is 2. The molecule has 15 heavy (non-hydrogen) atoms. The first-order valence-corrected chi connectivity index (χ1v) is 5.21. The Kier molecular flexibility index (Phi) is 2.93. The molecule has 4 heteroatoms. The number of rotatable bonds is 3. The zero-order valence-electron chi connectivity index (χ0n) is 8.13. The Morgan fingerprint density at radius 3 is 3.00 bits per heavy atom. The summed E-state index contributed by atoms with van der Waals surface area (Å²) in [6, 6.07) is 5.37. The Labute approximate surface area is 92.2 Å². The van der Waals surface area contributed by atoms with E-state index in [2.05, 4.69) is 4.98 Å². The molecule has 1 heterocycles. The van der Waals surface area contributed by atoms with Gasteiger partial charge in [-0.25, -0.2) is 4.39 Å². The predicted octanol–water partition coefficient (Wildman–Crippen LogP) is 3.18. The van der Waals surface area contributed by atoms with Gasteiger partial charge in [-0.1, -0.05) is 17.7 Å². The standard InChI is InChI=1S/C11H12ClFN2/c12-7-1-2-8-9(10(13)3-4-14)6-15-11(8)5-7/h1-2,5-6,10,15H,3-4,14H2. The number of alkyl halides is 1. The number of benzene rings is 1. The number of fused-ring (bicyclic) bond motifs is 1. The smallest absolute Gasteiger partial charge is 0.128 e. The van der Waals surface area contributed by atoms with Gasteiger partial charge in [0.15, 0.2) is 0 Å². The fraction of sp³-hybridized carbons (Fsp3) is 0.273. The van der Waals surface area contributed by atoms with Crippen LogP contribution in [0.2, 0.25) is 5.02 Å². The van der Waals surface area contributed by atoms with Gasteiger partial charge in [0, 0.05) is 27.7 Å². The molecule has 0 amide bonds. The van der Waals surface area contributed by atoms with Gasteiger partial charge in [0.2, 0.25) is 0 Å². The van der Waals surface area contributed by atoms with Crippen LogP contribution in [0.3, 0.4) is 0 Å². The summed E-state index contributed by atoms with van der Waals surface area (Å²) in [5.41, 5.74) is 6.85. The third-order valence-corrected chi connectivity index (χ3v) is 2.67. The van der Waals surface area contributed by atoms with Gasteiger partial charge in [-0.3, -0.25) is 0 Å². The van der Waals surface area contributed by atoms with E-state index < -0.39 is 6.17 Å². The largest absolute Gasteiger partial charge is 0.361 e. The van der Waals surface area contributed by atoms with Gasteiger partial charge in [-0.2, -0.15) is 0 Å². The average Bonchev–Trinajstić information content (AvgIpc) is 2.60. The highest BCUT2D eigenvalue weighted by Crippen LogP contribution is 2.29. The molecule has 1 unspecified atom stereocenters. The molecule has 2 aromatic rings. The Morgan fingerprint density at radius 1 is 1.47 bits per heavy atom. The second kappa shape index (κ2) is 4.21. The van der Waals surface area contributed by atoms with E-state index in [1.807, 2.05) is 6.07 Å². The molecular weight excluding hydrogens is 215 g/mol. The topological polar surface area (TPSA) is 41.8 Å². The Morgan fingerprint density at radius 2 is 2.27 bits per heavy atom. The predicted molar refractivity (Wildman–Crippen MR) is 60.8 cm³/mol. The van der Waals surface area contributed by atoms with E-state index in [9.17, 15) is 4.39 Å². The Balaban J connectivity index is 2.44. The normalized spacial score (nSPS) is 13.3. The minimum Gasteiger partial charge on any atom is -0.361 e. The lowest BCUT2D eigenvalue weighted by atomic mass is 10.1. The second-order valence-electron chi connectivity index (χ2n) is 3.48. The van der Waals surface area contributed by atoms with Crippen molar-refractivity contribution < 1.29 is 4.39 Å². The van der Waals surface area contributed by atoms with Crippen LogP contribution in [0.1, 0.15) is 18.2 Å². The van der Waals surface area contributed by atoms with Gasteiger partial charge >= 0.3 is 0 Å². The van der Waals surface area contributed by atoms with Gasteiger partial charge in [-0.05, 0) is 25.1 Å². The lowest BCUT2D eigenvalue weighted by molar-refractivity contribution is 0.330. The van der Waals surface area contributed by atoms with Gasteiger partial charge in [0.05, 0.1) is 0 Å². The number of aromatic amines is 1. The van der Waals surface area contributed by atoms with Gasteiger partial charge in [0.1, 0.15) is 6.17 Å². The SMILES string of the molecule is NCCC(F)c1c[nH]c2cc(Cl)ccc12. The zero-order chi connectivity index (χ0) is 10.8. The Bertz CT molecular complexity index is 467. The van der Waals surface area contributed by atoms with Crippen LogP contribution in [0.15, 0.2) is 24.4 Å². The van der Waals surface area contributed by atoms with Crippen molar-refractivity contribution in [2.24, 2.45) is 5.73 Å². The number of nitrogens with two attached hydrogens (primary N) is 1. The van der Waals surface area contributed by atoms with Crippen LogP contribution in [0.4, 0.5) is 4.39 Å². The van der Waals surface area contributed by atoms with E-state index in [-0.39, 0.29) is 0 Å². The fourth-order valence-corrected chi connectivity index (χ4v) is 1.85. The number of nitrogens with one attached hydrogen (secondary N) is 1. The van der Waals surface area contributed by atoms with Crippen molar-refractivity contribution in [3.8, 4) is 0 Å². The van der Waals surface area contributed by atoms with E-state index in [0.29, 0.717) is 23.6 Å². The molecule has 0 saturated heterocycles. The number of H-pyrrole nitrogens is 1. The number of aromatic nitrogens is 1. The molecule has 2 rings (SSSR count). The highest BCUT2D eigenvalue weighted by Gasteiger charge is 2.13. The molecular formula is C11H12ClFN2. The summed E-state index contributed by atoms with van der Waals surface area (Å²) < 4.78 is 13.7. The minimum atomic E-state index is -1.01. The van der Waals surface area contributed by atoms with E-state index in [1.165, 1.54) is 0 Å². The highest BCUT2D eigenvalue weighted by molar-refractivity contribution is 6.31. The van der Waals surface area contributed by atoms with Crippen molar-refractivity contribution in [3.05, 3.63) is 35.0 Å². The number of hydrogen-bond acceptors (Lipinski definition) is 1. The van der Waals surface area contributed by atoms with Crippen LogP contribution < -0.4 is 5.73 Å². The van der Waals surface area contributed by atoms with E-state index in [4.69, 9.17) is 17.3 Å². The van der Waals surface area contributed by atoms with Crippen LogP contribution in [-0.4, -0.2) is 11.5 Å². The first-order chi connectivity index (χ1) is 7.22. The number of hydrogen-bond donors (Lipinski definition) is 2. The maximum Gasteiger partial charge on any atom is 0.128 e. The van der Waals surface area contributed by atoms with E-state index in [1.54, 1.807) is 18.3 Å². The molecule has 1 atom stereocenters. The van der Waals surface area contributed by atoms with Crippen molar-refractivity contribution in [1.82, 2.24) is 4.98 Å². The molecule has 0 spiro atoms. The molecule has 0 aliphatic carbocycles. The van der Waals surface area contributed by atoms with Crippen molar-refractivity contribution >= 4 is 22.5 Å². The average molecular weight is 227 g/mol. The Hall–Kier alpha value is -1.06.